The third-order valence-electron chi connectivity index (χ3n) is 5.25. The van der Waals surface area contributed by atoms with Crippen molar-refractivity contribution >= 4 is 21.6 Å². The van der Waals surface area contributed by atoms with Gasteiger partial charge in [0, 0.05) is 19.2 Å². The summed E-state index contributed by atoms with van der Waals surface area (Å²) < 4.78 is 27.2. The van der Waals surface area contributed by atoms with Crippen molar-refractivity contribution in [1.82, 2.24) is 5.32 Å². The molecule has 5 nitrogen and oxygen atoms in total. The molecule has 0 unspecified atom stereocenters. The lowest BCUT2D eigenvalue weighted by molar-refractivity contribution is 0.0953. The van der Waals surface area contributed by atoms with Crippen LogP contribution in [0.15, 0.2) is 77.7 Å². The zero-order chi connectivity index (χ0) is 22.4. The Kier molecular flexibility index (Phi) is 7.13. The van der Waals surface area contributed by atoms with E-state index >= 15 is 0 Å². The molecule has 0 aliphatic carbocycles. The Labute approximate surface area is 184 Å². The summed E-state index contributed by atoms with van der Waals surface area (Å²) in [7, 11) is -2.15. The molecule has 0 saturated heterocycles. The van der Waals surface area contributed by atoms with E-state index in [0.717, 1.165) is 24.0 Å². The molecule has 31 heavy (non-hydrogen) atoms. The largest absolute Gasteiger partial charge is 0.352 e. The lowest BCUT2D eigenvalue weighted by atomic mass is 10.1. The summed E-state index contributed by atoms with van der Waals surface area (Å²) in [5, 5.41) is 2.94. The molecule has 0 atom stereocenters. The smallest absolute Gasteiger partial charge is 0.264 e. The molecule has 0 saturated carbocycles. The number of carbonyl (C=O) groups is 1. The van der Waals surface area contributed by atoms with Crippen molar-refractivity contribution in [2.45, 2.75) is 31.6 Å². The topological polar surface area (TPSA) is 66.5 Å². The molecular formula is C25H28N2O3S. The summed E-state index contributed by atoms with van der Waals surface area (Å²) in [4.78, 5) is 12.7. The number of hydrogen-bond acceptors (Lipinski definition) is 3. The summed E-state index contributed by atoms with van der Waals surface area (Å²) in [6, 6.07) is 22.0. The van der Waals surface area contributed by atoms with Gasteiger partial charge in [0.15, 0.2) is 0 Å². The number of nitrogens with one attached hydrogen (secondary N) is 1. The highest BCUT2D eigenvalue weighted by molar-refractivity contribution is 7.92. The van der Waals surface area contributed by atoms with Gasteiger partial charge in [0.25, 0.3) is 15.9 Å². The summed E-state index contributed by atoms with van der Waals surface area (Å²) in [5.41, 5.74) is 4.02. The maximum atomic E-state index is 13.0. The van der Waals surface area contributed by atoms with Crippen LogP contribution in [0.25, 0.3) is 0 Å². The van der Waals surface area contributed by atoms with E-state index in [4.69, 9.17) is 0 Å². The van der Waals surface area contributed by atoms with Gasteiger partial charge in [-0.15, -0.1) is 0 Å². The summed E-state index contributed by atoms with van der Waals surface area (Å²) >= 11 is 0. The van der Waals surface area contributed by atoms with Gasteiger partial charge in [-0.1, -0.05) is 48.0 Å². The second kappa shape index (κ2) is 9.79. The van der Waals surface area contributed by atoms with Gasteiger partial charge in [-0.2, -0.15) is 0 Å². The van der Waals surface area contributed by atoms with Crippen molar-refractivity contribution in [2.24, 2.45) is 0 Å². The van der Waals surface area contributed by atoms with Crippen LogP contribution < -0.4 is 9.62 Å². The number of aryl methyl sites for hydroxylation is 3. The van der Waals surface area contributed by atoms with Crippen molar-refractivity contribution in [3.63, 3.8) is 0 Å². The molecule has 6 heteroatoms. The number of hydrogen-bond donors (Lipinski definition) is 1. The van der Waals surface area contributed by atoms with Gasteiger partial charge < -0.3 is 5.32 Å². The average Bonchev–Trinajstić information content (AvgIpc) is 2.77. The fourth-order valence-corrected chi connectivity index (χ4v) is 4.65. The lowest BCUT2D eigenvalue weighted by Crippen LogP contribution is -2.28. The zero-order valence-corrected chi connectivity index (χ0v) is 18.9. The van der Waals surface area contributed by atoms with Gasteiger partial charge in [-0.3, -0.25) is 9.10 Å². The van der Waals surface area contributed by atoms with Crippen LogP contribution in [0, 0.1) is 13.8 Å². The number of rotatable bonds is 8. The number of anilines is 1. The Morgan fingerprint density at radius 3 is 2.26 bits per heavy atom. The van der Waals surface area contributed by atoms with Crippen LogP contribution in [0.3, 0.4) is 0 Å². The predicted octanol–water partition coefficient (Wildman–Crippen LogP) is 4.49. The molecule has 3 aromatic carbocycles. The SMILES string of the molecule is Cc1ccc(S(=O)(=O)N(C)c2ccc(C(=O)NCCCc3ccccc3)cc2C)cc1. The predicted molar refractivity (Wildman–Crippen MR) is 125 cm³/mol. The van der Waals surface area contributed by atoms with Gasteiger partial charge in [-0.25, -0.2) is 8.42 Å². The van der Waals surface area contributed by atoms with E-state index in [1.54, 1.807) is 42.5 Å². The first-order chi connectivity index (χ1) is 14.8. The Balaban J connectivity index is 1.64. The van der Waals surface area contributed by atoms with E-state index in [9.17, 15) is 13.2 Å². The van der Waals surface area contributed by atoms with E-state index < -0.39 is 10.0 Å². The summed E-state index contributed by atoms with van der Waals surface area (Å²) in [6.07, 6.45) is 1.76. The first kappa shape index (κ1) is 22.6. The number of amides is 1. The Hall–Kier alpha value is -3.12. The van der Waals surface area contributed by atoms with Crippen molar-refractivity contribution in [2.75, 3.05) is 17.9 Å². The van der Waals surface area contributed by atoms with Crippen LogP contribution in [0.2, 0.25) is 0 Å². The lowest BCUT2D eigenvalue weighted by Gasteiger charge is -2.22. The summed E-state index contributed by atoms with van der Waals surface area (Å²) in [6.45, 7) is 4.30. The monoisotopic (exact) mass is 436 g/mol. The van der Waals surface area contributed by atoms with Crippen molar-refractivity contribution in [1.29, 1.82) is 0 Å². The van der Waals surface area contributed by atoms with Crippen LogP contribution in [-0.4, -0.2) is 27.9 Å². The van der Waals surface area contributed by atoms with Gasteiger partial charge in [0.2, 0.25) is 0 Å². The molecule has 0 fully saturated rings. The van der Waals surface area contributed by atoms with Crippen molar-refractivity contribution in [3.05, 3.63) is 95.1 Å². The summed E-state index contributed by atoms with van der Waals surface area (Å²) in [5.74, 6) is -0.160. The second-order valence-electron chi connectivity index (χ2n) is 7.63. The first-order valence-corrected chi connectivity index (χ1v) is 11.7. The molecule has 0 bridgehead atoms. The van der Waals surface area contributed by atoms with Crippen LogP contribution in [0.5, 0.6) is 0 Å². The minimum absolute atomic E-state index is 0.160. The molecule has 1 N–H and O–H groups in total. The third-order valence-corrected chi connectivity index (χ3v) is 7.03. The molecule has 0 spiro atoms. The van der Waals surface area contributed by atoms with Crippen molar-refractivity contribution in [3.8, 4) is 0 Å². The fourth-order valence-electron chi connectivity index (χ4n) is 3.39. The highest BCUT2D eigenvalue weighted by atomic mass is 32.2. The van der Waals surface area contributed by atoms with Crippen LogP contribution in [0.4, 0.5) is 5.69 Å². The first-order valence-electron chi connectivity index (χ1n) is 10.3. The Bertz CT molecular complexity index is 1140. The van der Waals surface area contributed by atoms with E-state index in [2.05, 4.69) is 17.4 Å². The Morgan fingerprint density at radius 1 is 0.935 bits per heavy atom. The molecule has 1 amide bonds. The molecule has 0 radical (unpaired) electrons. The fraction of sp³-hybridized carbons (Fsp3) is 0.240. The third kappa shape index (κ3) is 5.52. The van der Waals surface area contributed by atoms with Gasteiger partial charge in [0.05, 0.1) is 10.6 Å². The molecular weight excluding hydrogens is 408 g/mol. The number of carbonyl (C=O) groups excluding carboxylic acids is 1. The number of benzene rings is 3. The minimum atomic E-state index is -3.68. The average molecular weight is 437 g/mol. The van der Waals surface area contributed by atoms with Gasteiger partial charge >= 0.3 is 0 Å². The Morgan fingerprint density at radius 2 is 1.61 bits per heavy atom. The quantitative estimate of drug-likeness (QED) is 0.529. The maximum Gasteiger partial charge on any atom is 0.264 e. The van der Waals surface area contributed by atoms with E-state index in [-0.39, 0.29) is 10.8 Å². The number of nitrogens with zero attached hydrogens (tertiary/aromatic N) is 1. The normalized spacial score (nSPS) is 11.2. The van der Waals surface area contributed by atoms with Crippen LogP contribution in [0.1, 0.15) is 33.5 Å². The van der Waals surface area contributed by atoms with E-state index in [1.165, 1.54) is 16.9 Å². The molecule has 3 aromatic rings. The minimum Gasteiger partial charge on any atom is -0.352 e. The van der Waals surface area contributed by atoms with E-state index in [0.29, 0.717) is 17.8 Å². The van der Waals surface area contributed by atoms with E-state index in [1.807, 2.05) is 32.0 Å². The molecule has 3 rings (SSSR count). The highest BCUT2D eigenvalue weighted by Gasteiger charge is 2.22. The molecule has 0 aliphatic rings. The molecule has 0 heterocycles. The second-order valence-corrected chi connectivity index (χ2v) is 9.60. The van der Waals surface area contributed by atoms with Gasteiger partial charge in [0.1, 0.15) is 0 Å². The van der Waals surface area contributed by atoms with Crippen LogP contribution in [-0.2, 0) is 16.4 Å². The molecule has 162 valence electrons. The maximum absolute atomic E-state index is 13.0. The highest BCUT2D eigenvalue weighted by Crippen LogP contribution is 2.26. The zero-order valence-electron chi connectivity index (χ0n) is 18.1. The standard InChI is InChI=1S/C25H28N2O3S/c1-19-11-14-23(15-12-19)31(29,30)27(3)24-16-13-22(18-20(24)2)25(28)26-17-7-10-21-8-5-4-6-9-21/h4-6,8-9,11-16,18H,7,10,17H2,1-3H3,(H,26,28). The molecule has 0 aromatic heterocycles. The molecule has 0 aliphatic heterocycles. The van der Waals surface area contributed by atoms with Gasteiger partial charge in [-0.05, 0) is 68.1 Å². The van der Waals surface area contributed by atoms with Crippen molar-refractivity contribution < 1.29 is 13.2 Å². The number of sulfonamides is 1. The van der Waals surface area contributed by atoms with Crippen LogP contribution >= 0.6 is 0 Å².